The Morgan fingerprint density at radius 2 is 1.91 bits per heavy atom. The SMILES string of the molecule is CN1CCCN(c2ccc3cc(C(=O)NCC(F)F)c4nc5ccccc5n4c3n2)CC1. The van der Waals surface area contributed by atoms with E-state index in [1.165, 1.54) is 0 Å². The summed E-state index contributed by atoms with van der Waals surface area (Å²) in [5, 5.41) is 3.05. The van der Waals surface area contributed by atoms with Crippen LogP contribution in [0.1, 0.15) is 16.8 Å². The second-order valence-corrected chi connectivity index (χ2v) is 8.14. The zero-order valence-electron chi connectivity index (χ0n) is 17.8. The molecule has 0 aliphatic carbocycles. The Morgan fingerprint density at radius 3 is 2.75 bits per heavy atom. The number of halogens is 2. The van der Waals surface area contributed by atoms with Gasteiger partial charge < -0.3 is 15.1 Å². The molecule has 0 radical (unpaired) electrons. The highest BCUT2D eigenvalue weighted by Gasteiger charge is 2.20. The minimum Gasteiger partial charge on any atom is -0.355 e. The summed E-state index contributed by atoms with van der Waals surface area (Å²) in [7, 11) is 2.12. The third kappa shape index (κ3) is 3.73. The van der Waals surface area contributed by atoms with Gasteiger partial charge in [-0.1, -0.05) is 12.1 Å². The van der Waals surface area contributed by atoms with Crippen LogP contribution in [-0.2, 0) is 0 Å². The van der Waals surface area contributed by atoms with Gasteiger partial charge in [-0.2, -0.15) is 0 Å². The number of nitrogens with zero attached hydrogens (tertiary/aromatic N) is 5. The van der Waals surface area contributed by atoms with E-state index >= 15 is 0 Å². The first-order valence-electron chi connectivity index (χ1n) is 10.7. The fourth-order valence-corrected chi connectivity index (χ4v) is 4.27. The van der Waals surface area contributed by atoms with E-state index in [0.717, 1.165) is 49.3 Å². The largest absolute Gasteiger partial charge is 0.355 e. The van der Waals surface area contributed by atoms with Gasteiger partial charge in [0.2, 0.25) is 0 Å². The molecule has 5 rings (SSSR count). The number of nitrogens with one attached hydrogen (secondary N) is 1. The summed E-state index contributed by atoms with van der Waals surface area (Å²) in [4.78, 5) is 26.9. The Bertz CT molecular complexity index is 1300. The van der Waals surface area contributed by atoms with E-state index in [1.54, 1.807) is 6.07 Å². The quantitative estimate of drug-likeness (QED) is 0.530. The molecule has 0 bridgehead atoms. The van der Waals surface area contributed by atoms with Crippen molar-refractivity contribution >= 4 is 39.4 Å². The van der Waals surface area contributed by atoms with E-state index in [0.29, 0.717) is 16.8 Å². The van der Waals surface area contributed by atoms with Gasteiger partial charge in [-0.15, -0.1) is 0 Å². The number of hydrogen-bond donors (Lipinski definition) is 1. The van der Waals surface area contributed by atoms with E-state index in [9.17, 15) is 13.6 Å². The summed E-state index contributed by atoms with van der Waals surface area (Å²) in [6.07, 6.45) is -1.56. The first-order chi connectivity index (χ1) is 15.5. The predicted octanol–water partition coefficient (Wildman–Crippen LogP) is 3.17. The van der Waals surface area contributed by atoms with Crippen LogP contribution in [0.25, 0.3) is 27.7 Å². The summed E-state index contributed by atoms with van der Waals surface area (Å²) in [6.45, 7) is 3.12. The van der Waals surface area contributed by atoms with Gasteiger partial charge in [-0.3, -0.25) is 9.20 Å². The molecule has 0 saturated carbocycles. The minimum atomic E-state index is -2.62. The van der Waals surface area contributed by atoms with Crippen molar-refractivity contribution in [2.45, 2.75) is 12.8 Å². The molecular formula is C23H24F2N6O. The molecule has 1 N–H and O–H groups in total. The van der Waals surface area contributed by atoms with Gasteiger partial charge >= 0.3 is 0 Å². The molecule has 1 amide bonds. The standard InChI is InChI=1S/C23H24F2N6O/c1-29-9-4-10-30(12-11-29)20-8-7-15-13-16(23(32)26-14-19(24)25)22-27-17-5-2-3-6-18(17)31(22)21(15)28-20/h2-3,5-8,13,19H,4,9-12,14H2,1H3,(H,26,32). The number of likely N-dealkylation sites (N-methyl/N-ethyl adjacent to an activating group) is 1. The van der Waals surface area contributed by atoms with Crippen LogP contribution < -0.4 is 10.2 Å². The highest BCUT2D eigenvalue weighted by atomic mass is 19.3. The number of pyridine rings is 2. The zero-order valence-corrected chi connectivity index (χ0v) is 17.8. The Balaban J connectivity index is 1.68. The number of para-hydroxylation sites is 2. The number of amides is 1. The van der Waals surface area contributed by atoms with Gasteiger partial charge in [0.15, 0.2) is 5.65 Å². The van der Waals surface area contributed by atoms with Gasteiger partial charge in [0, 0.05) is 25.0 Å². The van der Waals surface area contributed by atoms with Gasteiger partial charge in [-0.25, -0.2) is 18.7 Å². The molecule has 3 aromatic heterocycles. The number of fused-ring (bicyclic) bond motifs is 5. The molecule has 0 spiro atoms. The van der Waals surface area contributed by atoms with Crippen molar-refractivity contribution in [1.82, 2.24) is 24.6 Å². The van der Waals surface area contributed by atoms with Crippen molar-refractivity contribution in [3.8, 4) is 0 Å². The third-order valence-corrected chi connectivity index (χ3v) is 5.91. The smallest absolute Gasteiger partial charge is 0.255 e. The molecule has 4 aromatic rings. The molecule has 1 saturated heterocycles. The third-order valence-electron chi connectivity index (χ3n) is 5.91. The average molecular weight is 438 g/mol. The van der Waals surface area contributed by atoms with E-state index in [2.05, 4.69) is 27.1 Å². The maximum Gasteiger partial charge on any atom is 0.255 e. The fourth-order valence-electron chi connectivity index (χ4n) is 4.27. The topological polar surface area (TPSA) is 65.8 Å². The molecule has 7 nitrogen and oxygen atoms in total. The second kappa shape index (κ2) is 8.31. The van der Waals surface area contributed by atoms with E-state index in [1.807, 2.05) is 40.8 Å². The molecule has 166 valence electrons. The summed E-state index contributed by atoms with van der Waals surface area (Å²) in [5.41, 5.74) is 2.88. The second-order valence-electron chi connectivity index (χ2n) is 8.14. The molecule has 4 heterocycles. The summed E-state index contributed by atoms with van der Waals surface area (Å²) in [6, 6.07) is 13.1. The minimum absolute atomic E-state index is 0.250. The lowest BCUT2D eigenvalue weighted by Crippen LogP contribution is -2.29. The monoisotopic (exact) mass is 438 g/mol. The van der Waals surface area contributed by atoms with Crippen LogP contribution in [-0.4, -0.2) is 71.4 Å². The molecule has 9 heteroatoms. The molecule has 1 aromatic carbocycles. The number of hydrogen-bond acceptors (Lipinski definition) is 5. The Morgan fingerprint density at radius 1 is 1.06 bits per heavy atom. The summed E-state index contributed by atoms with van der Waals surface area (Å²) >= 11 is 0. The fraction of sp³-hybridized carbons (Fsp3) is 0.348. The summed E-state index contributed by atoms with van der Waals surface area (Å²) in [5.74, 6) is 0.300. The molecule has 32 heavy (non-hydrogen) atoms. The van der Waals surface area contributed by atoms with Crippen molar-refractivity contribution in [3.63, 3.8) is 0 Å². The predicted molar refractivity (Wildman–Crippen MR) is 121 cm³/mol. The first-order valence-corrected chi connectivity index (χ1v) is 10.7. The van der Waals surface area contributed by atoms with E-state index < -0.39 is 18.9 Å². The Hall–Kier alpha value is -3.33. The van der Waals surface area contributed by atoms with Crippen LogP contribution in [0.4, 0.5) is 14.6 Å². The van der Waals surface area contributed by atoms with Crippen LogP contribution in [0.15, 0.2) is 42.5 Å². The number of benzene rings is 1. The highest BCUT2D eigenvalue weighted by molar-refractivity contribution is 6.05. The van der Waals surface area contributed by atoms with E-state index in [-0.39, 0.29) is 5.56 Å². The number of aromatic nitrogens is 3. The van der Waals surface area contributed by atoms with Gasteiger partial charge in [-0.05, 0) is 50.3 Å². The number of anilines is 1. The van der Waals surface area contributed by atoms with Crippen molar-refractivity contribution in [1.29, 1.82) is 0 Å². The molecule has 1 fully saturated rings. The number of carbonyl (C=O) groups excluding carboxylic acids is 1. The number of carbonyl (C=O) groups is 1. The molecule has 0 atom stereocenters. The number of alkyl halides is 2. The molecule has 0 unspecified atom stereocenters. The van der Waals surface area contributed by atoms with Crippen molar-refractivity contribution in [2.75, 3.05) is 44.7 Å². The molecule has 1 aliphatic rings. The van der Waals surface area contributed by atoms with Gasteiger partial charge in [0.25, 0.3) is 12.3 Å². The molecule has 1 aliphatic heterocycles. The van der Waals surface area contributed by atoms with Gasteiger partial charge in [0.1, 0.15) is 11.5 Å². The highest BCUT2D eigenvalue weighted by Crippen LogP contribution is 2.27. The lowest BCUT2D eigenvalue weighted by Gasteiger charge is -2.22. The van der Waals surface area contributed by atoms with Gasteiger partial charge in [0.05, 0.1) is 23.1 Å². The average Bonchev–Trinajstić information content (AvgIpc) is 3.05. The van der Waals surface area contributed by atoms with E-state index in [4.69, 9.17) is 4.98 Å². The van der Waals surface area contributed by atoms with Crippen molar-refractivity contribution in [3.05, 3.63) is 48.0 Å². The van der Waals surface area contributed by atoms with Crippen molar-refractivity contribution in [2.24, 2.45) is 0 Å². The lowest BCUT2D eigenvalue weighted by molar-refractivity contribution is 0.0893. The van der Waals surface area contributed by atoms with Crippen LogP contribution in [0, 0.1) is 0 Å². The van der Waals surface area contributed by atoms with Crippen LogP contribution >= 0.6 is 0 Å². The van der Waals surface area contributed by atoms with Crippen LogP contribution in [0.3, 0.4) is 0 Å². The van der Waals surface area contributed by atoms with Crippen LogP contribution in [0.5, 0.6) is 0 Å². The lowest BCUT2D eigenvalue weighted by atomic mass is 10.1. The Kier molecular flexibility index (Phi) is 5.34. The zero-order chi connectivity index (χ0) is 22.2. The van der Waals surface area contributed by atoms with Crippen molar-refractivity contribution < 1.29 is 13.6 Å². The normalized spacial score (nSPS) is 15.7. The maximum atomic E-state index is 12.7. The van der Waals surface area contributed by atoms with Crippen LogP contribution in [0.2, 0.25) is 0 Å². The first kappa shape index (κ1) is 20.6. The summed E-state index contributed by atoms with van der Waals surface area (Å²) < 4.78 is 27.2. The number of imidazole rings is 1. The molecular weight excluding hydrogens is 414 g/mol. The number of rotatable bonds is 4. The Labute approximate surface area is 183 Å². The maximum absolute atomic E-state index is 12.7.